The fourth-order valence-electron chi connectivity index (χ4n) is 16.0. The van der Waals surface area contributed by atoms with Crippen molar-refractivity contribution in [2.45, 2.75) is 305 Å². The molecule has 8 aromatic heterocycles. The normalized spacial score (nSPS) is 27.1. The van der Waals surface area contributed by atoms with Crippen LogP contribution in [0.25, 0.3) is 10.4 Å². The van der Waals surface area contributed by atoms with Crippen LogP contribution in [-0.4, -0.2) is 236 Å². The Morgan fingerprint density at radius 3 is 0.646 bits per heavy atom. The fraction of sp³-hybridized carbons (Fsp3) is 0.583. The van der Waals surface area contributed by atoms with E-state index < -0.39 is 66.9 Å². The molecule has 0 saturated carbocycles. The van der Waals surface area contributed by atoms with Crippen molar-refractivity contribution in [1.82, 2.24) is 39.9 Å². The molecule has 0 spiro atoms. The van der Waals surface area contributed by atoms with Gasteiger partial charge in [-0.2, -0.15) is 0 Å². The van der Waals surface area contributed by atoms with E-state index in [1.165, 1.54) is 0 Å². The van der Waals surface area contributed by atoms with Crippen LogP contribution in [0.3, 0.4) is 0 Å². The van der Waals surface area contributed by atoms with Gasteiger partial charge in [0.1, 0.15) is 0 Å². The Morgan fingerprint density at radius 1 is 0.272 bits per heavy atom. The third kappa shape index (κ3) is 52.7. The highest BCUT2D eigenvalue weighted by atomic mass is 31.2. The number of hydrogen-bond acceptors (Lipinski definition) is 33. The summed E-state index contributed by atoms with van der Waals surface area (Å²) in [6, 6.07) is 34.5. The maximum Gasteiger partial charge on any atom is 0.334 e. The number of hydrogen-bond donors (Lipinski definition) is 8. The molecule has 43 nitrogen and oxygen atoms in total. The molecule has 0 radical (unpaired) electrons. The van der Waals surface area contributed by atoms with E-state index in [0.717, 1.165) is 89.9 Å². The van der Waals surface area contributed by atoms with Gasteiger partial charge in [-0.1, -0.05) is 53.6 Å². The molecule has 51 heteroatoms. The third-order valence-corrected chi connectivity index (χ3v) is 33.7. The van der Waals surface area contributed by atoms with Crippen LogP contribution in [0.1, 0.15) is 197 Å². The second-order valence-corrected chi connectivity index (χ2v) is 51.8. The molecule has 8 N–H and O–H groups in total. The molecule has 0 aromatic carbocycles. The number of aromatic nitrogens is 8. The second kappa shape index (κ2) is 63.3. The standard InChI is InChI=1S/C12H17N4O4P.7C12H18NO4P/c1-9-6-11(15-16-13)12(20-9)7-19-21(17,18)8-10-4-2-3-5-14-10;4*1-10-4-5-12(17-10)8-16-18(14,15)9-11-3-2-6-13-7-11;3*1-10-5-6-12(17-10)8-16-18(14,15)9-11-4-2-3-7-13-11/h2-5,9,11-12H,6-8H2,1H3,(H,17,18);4*2-3,6-7,10,12H,4-5,8-9H2,1H3,(H,14,15);3*2-4,7,10,12H,5-6,8-9H2,1H3,(H,14,15)/t9-,11+,12+;7*10-,12-/m00000000/s1. The summed E-state index contributed by atoms with van der Waals surface area (Å²) in [5, 5.41) is 3.63. The van der Waals surface area contributed by atoms with Crippen LogP contribution in [0, 0.1) is 0 Å². The Hall–Kier alpha value is -6.61. The molecule has 8 unspecified atom stereocenters. The van der Waals surface area contributed by atoms with Crippen LogP contribution in [-0.2, 0) is 160 Å². The molecule has 16 rings (SSSR count). The van der Waals surface area contributed by atoms with E-state index in [0.29, 0.717) is 51.5 Å². The van der Waals surface area contributed by atoms with Crippen LogP contribution in [0.2, 0.25) is 0 Å². The van der Waals surface area contributed by atoms with Crippen molar-refractivity contribution in [3.05, 3.63) is 251 Å². The molecule has 8 aliphatic rings. The Balaban J connectivity index is 0.000000187. The molecule has 8 aliphatic heterocycles. The minimum absolute atomic E-state index is 0.0108. The summed E-state index contributed by atoms with van der Waals surface area (Å²) in [4.78, 5) is 112. The number of rotatable bonds is 41. The largest absolute Gasteiger partial charge is 0.373 e. The van der Waals surface area contributed by atoms with Gasteiger partial charge in [-0.05, 0) is 252 Å². The lowest BCUT2D eigenvalue weighted by Crippen LogP contribution is -2.24. The van der Waals surface area contributed by atoms with Crippen LogP contribution in [0.5, 0.6) is 0 Å². The third-order valence-electron chi connectivity index (χ3n) is 23.3. The molecule has 25 atom stereocenters. The zero-order valence-corrected chi connectivity index (χ0v) is 91.2. The lowest BCUT2D eigenvalue weighted by molar-refractivity contribution is 0.0196. The van der Waals surface area contributed by atoms with Crippen molar-refractivity contribution < 1.29 is 150 Å². The Bertz CT molecular complexity index is 4760. The van der Waals surface area contributed by atoms with Crippen molar-refractivity contribution in [2.75, 3.05) is 52.9 Å². The number of ether oxygens (including phenoxy) is 8. The molecular weight excluding hydrogens is 2070 g/mol. The second-order valence-electron chi connectivity index (χ2n) is 37.0. The summed E-state index contributed by atoms with van der Waals surface area (Å²) in [5.41, 5.74) is 13.5. The van der Waals surface area contributed by atoms with Gasteiger partial charge in [-0.15, -0.1) is 0 Å². The average molecular weight is 2210 g/mol. The maximum absolute atomic E-state index is 12.0. The quantitative estimate of drug-likeness (QED) is 0.00763. The summed E-state index contributed by atoms with van der Waals surface area (Å²) in [7, 11) is -29.1. The highest BCUT2D eigenvalue weighted by molar-refractivity contribution is 7.54. The van der Waals surface area contributed by atoms with Crippen molar-refractivity contribution in [1.29, 1.82) is 0 Å². The first-order valence-electron chi connectivity index (χ1n) is 49.0. The predicted octanol–water partition coefficient (Wildman–Crippen LogP) is 19.1. The van der Waals surface area contributed by atoms with E-state index in [1.54, 1.807) is 196 Å². The van der Waals surface area contributed by atoms with Gasteiger partial charge in [0.15, 0.2) is 0 Å². The lowest BCUT2D eigenvalue weighted by Gasteiger charge is -2.17. The monoisotopic (exact) mass is 2210 g/mol. The zero-order valence-electron chi connectivity index (χ0n) is 84.1. The Labute approximate surface area is 859 Å². The topological polar surface area (TPSA) is 598 Å². The first-order valence-corrected chi connectivity index (χ1v) is 63.1. The Morgan fingerprint density at radius 2 is 0.476 bits per heavy atom. The molecule has 814 valence electrons. The summed E-state index contributed by atoms with van der Waals surface area (Å²) in [5.74, 6) is 0. The van der Waals surface area contributed by atoms with E-state index in [1.807, 2.05) is 55.4 Å². The van der Waals surface area contributed by atoms with Gasteiger partial charge < -0.3 is 113 Å². The van der Waals surface area contributed by atoms with E-state index in [9.17, 15) is 75.7 Å². The summed E-state index contributed by atoms with van der Waals surface area (Å²) in [6.07, 6.45) is 32.8. The predicted molar refractivity (Wildman–Crippen MR) is 547 cm³/mol. The van der Waals surface area contributed by atoms with Crippen molar-refractivity contribution in [3.63, 3.8) is 0 Å². The zero-order chi connectivity index (χ0) is 106. The molecule has 147 heavy (non-hydrogen) atoms. The molecule has 0 aliphatic carbocycles. The van der Waals surface area contributed by atoms with E-state index >= 15 is 0 Å². The number of azide groups is 1. The Kier molecular flexibility index (Phi) is 53.3. The minimum atomic E-state index is -3.81. The molecular formula is C96H143N11O32P8. The summed E-state index contributed by atoms with van der Waals surface area (Å²) < 4.78 is 180. The summed E-state index contributed by atoms with van der Waals surface area (Å²) in [6.45, 7) is 16.9. The van der Waals surface area contributed by atoms with Gasteiger partial charge >= 0.3 is 60.8 Å². The highest BCUT2D eigenvalue weighted by Gasteiger charge is 2.38. The van der Waals surface area contributed by atoms with Crippen molar-refractivity contribution in [3.8, 4) is 0 Å². The van der Waals surface area contributed by atoms with Gasteiger partial charge in [0, 0.05) is 79.3 Å². The van der Waals surface area contributed by atoms with Gasteiger partial charge in [-0.25, -0.2) is 0 Å². The lowest BCUT2D eigenvalue weighted by atomic mass is 10.1. The van der Waals surface area contributed by atoms with Crippen molar-refractivity contribution >= 4 is 60.8 Å². The first-order chi connectivity index (χ1) is 69.9. The summed E-state index contributed by atoms with van der Waals surface area (Å²) >= 11 is 0. The SMILES string of the molecule is C[C@H]1CC[C@@H](COP(=O)(O)Cc2ccccn2)O1.C[C@H]1CC[C@@H](COP(=O)(O)Cc2ccccn2)O1.C[C@H]1CC[C@@H](COP(=O)(O)Cc2ccccn2)O1.C[C@H]1CC[C@@H](COP(=O)(O)Cc2cccnc2)O1.C[C@H]1CC[C@@H](COP(=O)(O)Cc2cccnc2)O1.C[C@H]1CC[C@@H](COP(=O)(O)Cc2cccnc2)O1.C[C@H]1CC[C@@H](COP(=O)(O)Cc2cccnc2)O1.C[C@H]1C[C@@H](N=[N+]=[N-])[C@@H](COP(=O)(O)Cc2ccccn2)O1. The van der Waals surface area contributed by atoms with Crippen LogP contribution >= 0.6 is 60.8 Å². The van der Waals surface area contributed by atoms with Gasteiger partial charge in [0.2, 0.25) is 0 Å². The molecule has 8 aromatic rings. The van der Waals surface area contributed by atoms with Crippen LogP contribution < -0.4 is 0 Å². The van der Waals surface area contributed by atoms with Gasteiger partial charge in [0.25, 0.3) is 0 Å². The first kappa shape index (κ1) is 124. The van der Waals surface area contributed by atoms with E-state index in [2.05, 4.69) is 49.9 Å². The molecule has 8 fully saturated rings. The molecule has 8 saturated heterocycles. The molecule has 0 bridgehead atoms. The van der Waals surface area contributed by atoms with Crippen molar-refractivity contribution in [2.24, 2.45) is 5.11 Å². The minimum Gasteiger partial charge on any atom is -0.373 e. The van der Waals surface area contributed by atoms with Gasteiger partial charge in [0.05, 0.1) is 229 Å². The average Bonchev–Trinajstić information content (AvgIpc) is 1.72. The number of nitrogens with zero attached hydrogens (tertiary/aromatic N) is 11. The van der Waals surface area contributed by atoms with Gasteiger partial charge in [-0.3, -0.25) is 76.4 Å². The maximum atomic E-state index is 12.0. The molecule has 0 amide bonds. The van der Waals surface area contributed by atoms with E-state index in [4.69, 9.17) is 79.6 Å². The fourth-order valence-corrected chi connectivity index (χ4v) is 24.8. The van der Waals surface area contributed by atoms with Crippen LogP contribution in [0.4, 0.5) is 0 Å². The highest BCUT2D eigenvalue weighted by Crippen LogP contribution is 2.53. The smallest absolute Gasteiger partial charge is 0.334 e. The van der Waals surface area contributed by atoms with Crippen LogP contribution in [0.15, 0.2) is 201 Å². The number of pyridine rings is 8. The molecule has 16 heterocycles. The van der Waals surface area contributed by atoms with E-state index in [-0.39, 0.29) is 200 Å².